The molecule has 0 saturated heterocycles. The minimum absolute atomic E-state index is 1.18. The molecule has 9 nitrogen and oxygen atoms in total. The zero-order valence-electron chi connectivity index (χ0n) is 80.9. The van der Waals surface area contributed by atoms with Crippen LogP contribution >= 0.6 is 11.3 Å². The fraction of sp³-hybridized carbons (Fsp3) is 0.0145. The zero-order chi connectivity index (χ0) is 97.2. The summed E-state index contributed by atoms with van der Waals surface area (Å²) in [7, 11) is 0. The molecule has 33 rings (SSSR count). The normalized spacial score (nSPS) is 12.1. The standard InChI is InChI=1S/C48H29N3S.C46H29N3.C44H31N3/c1-6-16-41-35(13-1)38-27-30(21-24-42(38)49(41)32-23-26-48-40(29-32)37-15-5-10-20-47(37)52-48)31-22-25-46-39(28-31)36-14-4-9-19-45(36)51(46)50-43-17-7-2-11-33(43)34-12-3-8-18-44(34)50;1-2-14-33-30(12-1)13-11-23-40(33)47-41-19-7-3-17-36(41)38-28-31(24-26-42(38)47)32-25-27-46-39(29-32)37-18-6-10-22-45(37)49(46)48-43-20-8-4-15-34(43)35-16-5-9-21-44(35)48;1-28-16-20-39-35(24-28)37-26-30(18-22-40(37)45(39)32-10-4-3-5-11-32)31-19-23-44-38(27-31)36-25-29(2)17-21-43(36)47(44)46-41-14-8-6-12-33(41)34-13-7-9-15-42(34)46/h1-29H;1-29H;3-27H,1-2H3. The van der Waals surface area contributed by atoms with Crippen molar-refractivity contribution in [2.45, 2.75) is 13.8 Å². The number of nitrogens with zero attached hydrogens (tertiary/aromatic N) is 9. The molecule has 0 atom stereocenters. The molecule has 0 N–H and O–H groups in total. The van der Waals surface area contributed by atoms with Crippen molar-refractivity contribution in [3.05, 3.63) is 515 Å². The molecule has 0 amide bonds. The maximum Gasteiger partial charge on any atom is 0.0716 e. The molecule has 0 spiro atoms. The lowest BCUT2D eigenvalue weighted by Gasteiger charge is -2.13. The van der Waals surface area contributed by atoms with Crippen LogP contribution in [0.1, 0.15) is 11.1 Å². The van der Waals surface area contributed by atoms with E-state index in [0.29, 0.717) is 0 Å². The van der Waals surface area contributed by atoms with Gasteiger partial charge in [-0.2, -0.15) is 0 Å². The Morgan fingerprint density at radius 3 is 0.770 bits per heavy atom. The maximum absolute atomic E-state index is 2.43. The predicted molar refractivity (Wildman–Crippen MR) is 628 cm³/mol. The zero-order valence-corrected chi connectivity index (χ0v) is 81.7. The lowest BCUT2D eigenvalue weighted by molar-refractivity contribution is 0.775. The molecule has 10 aromatic heterocycles. The number of para-hydroxylation sites is 11. The Bertz CT molecular complexity index is 11300. The first-order valence-electron chi connectivity index (χ1n) is 50.9. The Labute approximate surface area is 852 Å². The number of aryl methyl sites for hydroxylation is 2. The van der Waals surface area contributed by atoms with Crippen molar-refractivity contribution in [2.75, 3.05) is 0 Å². The fourth-order valence-corrected chi connectivity index (χ4v) is 25.9. The number of hydrogen-bond acceptors (Lipinski definition) is 1. The maximum atomic E-state index is 2.43. The summed E-state index contributed by atoms with van der Waals surface area (Å²) in [5, 5.41) is 27.8. The van der Waals surface area contributed by atoms with E-state index >= 15 is 0 Å². The van der Waals surface area contributed by atoms with E-state index in [0.717, 1.165) is 0 Å². The highest BCUT2D eigenvalue weighted by Crippen LogP contribution is 2.48. The van der Waals surface area contributed by atoms with Crippen LogP contribution in [0.25, 0.3) is 278 Å². The summed E-state index contributed by atoms with van der Waals surface area (Å²) in [5.74, 6) is 0. The molecule has 10 heteroatoms. The van der Waals surface area contributed by atoms with E-state index in [4.69, 9.17) is 0 Å². The molecule has 0 aliphatic heterocycles. The summed E-state index contributed by atoms with van der Waals surface area (Å²) in [5.41, 5.74) is 35.0. The van der Waals surface area contributed by atoms with Crippen LogP contribution in [0.5, 0.6) is 0 Å². The number of thiophene rings is 1. The first-order chi connectivity index (χ1) is 73.3. The fourth-order valence-electron chi connectivity index (χ4n) is 24.8. The molecule has 0 fully saturated rings. The van der Waals surface area contributed by atoms with Crippen molar-refractivity contribution in [3.63, 3.8) is 0 Å². The summed E-state index contributed by atoms with van der Waals surface area (Å²) in [6.45, 7) is 4.36. The summed E-state index contributed by atoms with van der Waals surface area (Å²) < 4.78 is 24.3. The Morgan fingerprint density at radius 1 is 0.135 bits per heavy atom. The minimum atomic E-state index is 1.18. The van der Waals surface area contributed by atoms with E-state index < -0.39 is 0 Å². The number of fused-ring (bicyclic) bond motifs is 31. The first kappa shape index (κ1) is 83.4. The molecule has 0 unspecified atom stereocenters. The molecule has 23 aromatic carbocycles. The summed E-state index contributed by atoms with van der Waals surface area (Å²) in [4.78, 5) is 0. The van der Waals surface area contributed by atoms with Crippen molar-refractivity contribution in [2.24, 2.45) is 0 Å². The van der Waals surface area contributed by atoms with E-state index in [2.05, 4.69) is 559 Å². The Morgan fingerprint density at radius 2 is 0.372 bits per heavy atom. The van der Waals surface area contributed by atoms with Gasteiger partial charge in [-0.1, -0.05) is 314 Å². The molecule has 33 aromatic rings. The Hall–Kier alpha value is -19.3. The second-order valence-corrected chi connectivity index (χ2v) is 40.7. The third-order valence-electron chi connectivity index (χ3n) is 31.4. The van der Waals surface area contributed by atoms with Crippen molar-refractivity contribution in [3.8, 4) is 50.4 Å². The van der Waals surface area contributed by atoms with Gasteiger partial charge >= 0.3 is 0 Å². The number of aromatic nitrogens is 9. The quantitative estimate of drug-likeness (QED) is 0.138. The number of rotatable bonds is 9. The van der Waals surface area contributed by atoms with Gasteiger partial charge in [0.15, 0.2) is 0 Å². The largest absolute Gasteiger partial charge is 0.309 e. The molecule has 0 radical (unpaired) electrons. The Balaban J connectivity index is 0.000000100. The summed E-state index contributed by atoms with van der Waals surface area (Å²) in [6, 6.07) is 185. The highest BCUT2D eigenvalue weighted by atomic mass is 32.1. The molecule has 0 bridgehead atoms. The minimum Gasteiger partial charge on any atom is -0.309 e. The average molecular weight is 1910 g/mol. The highest BCUT2D eigenvalue weighted by Gasteiger charge is 2.27. The third kappa shape index (κ3) is 12.5. The van der Waals surface area contributed by atoms with E-state index in [-0.39, 0.29) is 0 Å². The van der Waals surface area contributed by atoms with Crippen LogP contribution in [0.2, 0.25) is 0 Å². The van der Waals surface area contributed by atoms with Crippen LogP contribution in [0, 0.1) is 13.8 Å². The second-order valence-electron chi connectivity index (χ2n) is 39.6. The molecule has 692 valence electrons. The number of benzene rings is 23. The summed E-state index contributed by atoms with van der Waals surface area (Å²) in [6.07, 6.45) is 0. The molecule has 10 heterocycles. The third-order valence-corrected chi connectivity index (χ3v) is 32.5. The van der Waals surface area contributed by atoms with E-state index in [1.54, 1.807) is 0 Å². The second kappa shape index (κ2) is 32.6. The van der Waals surface area contributed by atoms with E-state index in [1.165, 1.54) is 289 Å². The number of hydrogen-bond donors (Lipinski definition) is 0. The van der Waals surface area contributed by atoms with Gasteiger partial charge < -0.3 is 13.7 Å². The lowest BCUT2D eigenvalue weighted by atomic mass is 10.00. The van der Waals surface area contributed by atoms with Gasteiger partial charge in [0.25, 0.3) is 0 Å². The van der Waals surface area contributed by atoms with Gasteiger partial charge in [-0.3, -0.25) is 0 Å². The van der Waals surface area contributed by atoms with E-state index in [9.17, 15) is 0 Å². The van der Waals surface area contributed by atoms with Gasteiger partial charge in [-0.05, 0) is 253 Å². The van der Waals surface area contributed by atoms with Crippen molar-refractivity contribution in [1.82, 2.24) is 41.8 Å². The first-order valence-corrected chi connectivity index (χ1v) is 51.7. The molecular weight excluding hydrogens is 1820 g/mol. The molecule has 0 aliphatic rings. The lowest BCUT2D eigenvalue weighted by Crippen LogP contribution is -2.08. The van der Waals surface area contributed by atoms with Crippen LogP contribution < -0.4 is 0 Å². The SMILES string of the molecule is Cc1ccc2c(c1)c1cc(-c3ccc4c(c3)c3cc(C)ccc3n4-n3c4ccccc4c4ccccc43)ccc1n2-c1ccccc1.c1ccc2c(-n3c4ccccc4c4cc(-c5ccc6c(c5)c5ccccc5n6-n5c6ccccc6c6ccccc65)ccc43)cccc2c1.c1ccc2c(c1)sc1ccc(-n3c4ccccc4c4cc(-c5ccc6c(c5)c5ccccc5n6-n5c6ccccc6c6ccccc65)ccc43)cc12. The van der Waals surface area contributed by atoms with Crippen molar-refractivity contribution >= 4 is 239 Å². The monoisotopic (exact) mass is 1900 g/mol. The van der Waals surface area contributed by atoms with Gasteiger partial charge in [-0.15, -0.1) is 11.3 Å². The Kier molecular flexibility index (Phi) is 18.4. The molecule has 148 heavy (non-hydrogen) atoms. The molecule has 0 saturated carbocycles. The molecular formula is C138H89N9S. The topological polar surface area (TPSA) is 44.4 Å². The average Bonchev–Trinajstić information content (AvgIpc) is 1.56. The van der Waals surface area contributed by atoms with Crippen LogP contribution in [-0.2, 0) is 0 Å². The van der Waals surface area contributed by atoms with Crippen LogP contribution in [-0.4, -0.2) is 41.8 Å². The highest BCUT2D eigenvalue weighted by molar-refractivity contribution is 7.25. The van der Waals surface area contributed by atoms with Crippen molar-refractivity contribution in [1.29, 1.82) is 0 Å². The summed E-state index contributed by atoms with van der Waals surface area (Å²) >= 11 is 1.86. The van der Waals surface area contributed by atoms with Crippen LogP contribution in [0.15, 0.2) is 504 Å². The smallest absolute Gasteiger partial charge is 0.0716 e. The predicted octanol–water partition coefficient (Wildman–Crippen LogP) is 37.1. The van der Waals surface area contributed by atoms with E-state index in [1.807, 2.05) is 11.3 Å². The molecule has 0 aliphatic carbocycles. The van der Waals surface area contributed by atoms with Crippen LogP contribution in [0.4, 0.5) is 0 Å². The van der Waals surface area contributed by atoms with Gasteiger partial charge in [0.05, 0.1) is 105 Å². The van der Waals surface area contributed by atoms with Crippen molar-refractivity contribution < 1.29 is 0 Å². The van der Waals surface area contributed by atoms with Gasteiger partial charge in [-0.25, -0.2) is 28.1 Å². The van der Waals surface area contributed by atoms with Gasteiger partial charge in [0, 0.05) is 134 Å². The van der Waals surface area contributed by atoms with Gasteiger partial charge in [0.1, 0.15) is 0 Å². The van der Waals surface area contributed by atoms with Gasteiger partial charge in [0.2, 0.25) is 0 Å². The van der Waals surface area contributed by atoms with Crippen LogP contribution in [0.3, 0.4) is 0 Å².